The van der Waals surface area contributed by atoms with E-state index in [1.54, 1.807) is 30.3 Å². The highest BCUT2D eigenvalue weighted by atomic mass is 35.5. The van der Waals surface area contributed by atoms with Crippen LogP contribution in [0.4, 0.5) is 0 Å². The maximum Gasteiger partial charge on any atom is 0.293 e. The van der Waals surface area contributed by atoms with Gasteiger partial charge in [0.05, 0.1) is 0 Å². The number of halogens is 2. The van der Waals surface area contributed by atoms with Gasteiger partial charge in [-0.15, -0.1) is 0 Å². The van der Waals surface area contributed by atoms with Crippen molar-refractivity contribution in [3.63, 3.8) is 0 Å². The third-order valence-electron chi connectivity index (χ3n) is 3.56. The van der Waals surface area contributed by atoms with Gasteiger partial charge in [0.1, 0.15) is 11.8 Å². The van der Waals surface area contributed by atoms with E-state index in [2.05, 4.69) is 10.9 Å². The van der Waals surface area contributed by atoms with E-state index < -0.39 is 5.91 Å². The molecule has 26 heavy (non-hydrogen) atoms. The summed E-state index contributed by atoms with van der Waals surface area (Å²) in [5.41, 5.74) is 5.67. The van der Waals surface area contributed by atoms with Crippen LogP contribution in [-0.4, -0.2) is 25.0 Å². The SMILES string of the molecule is C[C@@H]([NH2+]CC(=O)NNC(=O)COc1ccc(Cl)cc1)c1cccc(Cl)c1. The number of carbonyl (C=O) groups excluding carboxylic acids is 2. The van der Waals surface area contributed by atoms with Gasteiger partial charge in [-0.05, 0) is 43.3 Å². The van der Waals surface area contributed by atoms with Gasteiger partial charge < -0.3 is 10.1 Å². The van der Waals surface area contributed by atoms with E-state index in [0.29, 0.717) is 15.8 Å². The van der Waals surface area contributed by atoms with Gasteiger partial charge in [-0.2, -0.15) is 0 Å². The fraction of sp³-hybridized carbons (Fsp3) is 0.222. The summed E-state index contributed by atoms with van der Waals surface area (Å²) in [5, 5.41) is 3.08. The fourth-order valence-electron chi connectivity index (χ4n) is 2.12. The largest absolute Gasteiger partial charge is 0.484 e. The zero-order chi connectivity index (χ0) is 18.9. The molecule has 0 spiro atoms. The van der Waals surface area contributed by atoms with E-state index in [1.165, 1.54) is 0 Å². The van der Waals surface area contributed by atoms with E-state index in [0.717, 1.165) is 5.56 Å². The van der Waals surface area contributed by atoms with Crippen molar-refractivity contribution >= 4 is 35.0 Å². The first kappa shape index (κ1) is 20.0. The Labute approximate surface area is 161 Å². The first-order chi connectivity index (χ1) is 12.4. The predicted molar refractivity (Wildman–Crippen MR) is 99.9 cm³/mol. The molecule has 0 aliphatic heterocycles. The molecule has 0 aliphatic rings. The standard InChI is InChI=1S/C18H19Cl2N3O3/c1-12(13-3-2-4-15(20)9-13)21-10-17(24)22-23-18(25)11-26-16-7-5-14(19)6-8-16/h2-9,12,21H,10-11H2,1H3,(H,22,24)(H,23,25)/p+1/t12-/m1/s1. The van der Waals surface area contributed by atoms with Gasteiger partial charge >= 0.3 is 0 Å². The zero-order valence-electron chi connectivity index (χ0n) is 14.2. The smallest absolute Gasteiger partial charge is 0.293 e. The number of rotatable bonds is 7. The number of hydrogen-bond donors (Lipinski definition) is 3. The molecule has 1 atom stereocenters. The van der Waals surface area contributed by atoms with Crippen LogP contribution >= 0.6 is 23.2 Å². The van der Waals surface area contributed by atoms with Crippen LogP contribution in [0.3, 0.4) is 0 Å². The van der Waals surface area contributed by atoms with Gasteiger partial charge in [-0.3, -0.25) is 20.4 Å². The molecular weight excluding hydrogens is 377 g/mol. The van der Waals surface area contributed by atoms with Gasteiger partial charge in [-0.25, -0.2) is 0 Å². The summed E-state index contributed by atoms with van der Waals surface area (Å²) < 4.78 is 5.28. The number of hydrogen-bond acceptors (Lipinski definition) is 3. The summed E-state index contributed by atoms with van der Waals surface area (Å²) >= 11 is 11.7. The summed E-state index contributed by atoms with van der Waals surface area (Å²) in [5.74, 6) is -0.269. The van der Waals surface area contributed by atoms with E-state index in [1.807, 2.05) is 30.4 Å². The van der Waals surface area contributed by atoms with Crippen LogP contribution < -0.4 is 20.9 Å². The molecule has 0 aromatic heterocycles. The van der Waals surface area contributed by atoms with E-state index in [-0.39, 0.29) is 25.1 Å². The number of nitrogens with two attached hydrogens (primary N) is 1. The maximum absolute atomic E-state index is 11.8. The lowest BCUT2D eigenvalue weighted by atomic mass is 10.1. The normalized spacial score (nSPS) is 11.5. The van der Waals surface area contributed by atoms with Gasteiger partial charge in [-0.1, -0.05) is 35.3 Å². The molecule has 2 rings (SSSR count). The Hall–Kier alpha value is -2.28. The molecule has 0 heterocycles. The van der Waals surface area contributed by atoms with Crippen molar-refractivity contribution in [2.24, 2.45) is 0 Å². The lowest BCUT2D eigenvalue weighted by Crippen LogP contribution is -2.87. The lowest BCUT2D eigenvalue weighted by molar-refractivity contribution is -0.682. The molecule has 8 heteroatoms. The number of ether oxygens (including phenoxy) is 1. The van der Waals surface area contributed by atoms with E-state index >= 15 is 0 Å². The predicted octanol–water partition coefficient (Wildman–Crippen LogP) is 1.84. The molecule has 0 fully saturated rings. The third kappa shape index (κ3) is 6.92. The van der Waals surface area contributed by atoms with Gasteiger partial charge in [0, 0.05) is 15.6 Å². The highest BCUT2D eigenvalue weighted by molar-refractivity contribution is 6.30. The summed E-state index contributed by atoms with van der Waals surface area (Å²) in [4.78, 5) is 23.5. The Balaban J connectivity index is 1.66. The van der Waals surface area contributed by atoms with Crippen molar-refractivity contribution in [1.29, 1.82) is 0 Å². The van der Waals surface area contributed by atoms with Crippen molar-refractivity contribution in [3.8, 4) is 5.75 Å². The molecular formula is C18H20Cl2N3O3+. The number of carbonyl (C=O) groups is 2. The van der Waals surface area contributed by atoms with Gasteiger partial charge in [0.25, 0.3) is 11.8 Å². The van der Waals surface area contributed by atoms with E-state index in [4.69, 9.17) is 27.9 Å². The molecule has 0 unspecified atom stereocenters. The minimum absolute atomic E-state index is 0.0587. The average molecular weight is 397 g/mol. The molecule has 0 bridgehead atoms. The number of hydrazine groups is 1. The Morgan fingerprint density at radius 1 is 1.04 bits per heavy atom. The number of nitrogens with one attached hydrogen (secondary N) is 2. The summed E-state index contributed by atoms with van der Waals surface area (Å²) in [7, 11) is 0. The minimum Gasteiger partial charge on any atom is -0.484 e. The summed E-state index contributed by atoms with van der Waals surface area (Å²) in [6.07, 6.45) is 0. The Bertz CT molecular complexity index is 754. The second-order valence-corrected chi connectivity index (χ2v) is 6.50. The topological polar surface area (TPSA) is 84.0 Å². The van der Waals surface area contributed by atoms with E-state index in [9.17, 15) is 9.59 Å². The molecule has 0 radical (unpaired) electrons. The van der Waals surface area contributed by atoms with Crippen molar-refractivity contribution < 1.29 is 19.6 Å². The van der Waals surface area contributed by atoms with Crippen LogP contribution in [0.5, 0.6) is 5.75 Å². The molecule has 0 saturated carbocycles. The average Bonchev–Trinajstić information content (AvgIpc) is 2.64. The molecule has 0 saturated heterocycles. The van der Waals surface area contributed by atoms with Crippen LogP contribution in [0.25, 0.3) is 0 Å². The molecule has 2 aromatic carbocycles. The van der Waals surface area contributed by atoms with Gasteiger partial charge in [0.2, 0.25) is 0 Å². The molecule has 6 nitrogen and oxygen atoms in total. The third-order valence-corrected chi connectivity index (χ3v) is 4.04. The van der Waals surface area contributed by atoms with Crippen molar-refractivity contribution in [2.75, 3.05) is 13.2 Å². The number of amides is 2. The molecule has 0 aliphatic carbocycles. The Morgan fingerprint density at radius 2 is 1.73 bits per heavy atom. The van der Waals surface area contributed by atoms with Gasteiger partial charge in [0.15, 0.2) is 13.2 Å². The molecule has 2 aromatic rings. The monoisotopic (exact) mass is 396 g/mol. The van der Waals surface area contributed by atoms with Crippen molar-refractivity contribution in [2.45, 2.75) is 13.0 Å². The molecule has 2 amide bonds. The quantitative estimate of drug-likeness (QED) is 0.624. The van der Waals surface area contributed by atoms with Crippen molar-refractivity contribution in [3.05, 3.63) is 64.1 Å². The lowest BCUT2D eigenvalue weighted by Gasteiger charge is -2.12. The second kappa shape index (κ2) is 10.0. The first-order valence-electron chi connectivity index (χ1n) is 7.99. The fourth-order valence-corrected chi connectivity index (χ4v) is 2.44. The zero-order valence-corrected chi connectivity index (χ0v) is 15.7. The van der Waals surface area contributed by atoms with Crippen molar-refractivity contribution in [1.82, 2.24) is 10.9 Å². The Kier molecular flexibility index (Phi) is 7.72. The maximum atomic E-state index is 11.8. The molecule has 138 valence electrons. The Morgan fingerprint density at radius 3 is 2.42 bits per heavy atom. The highest BCUT2D eigenvalue weighted by Gasteiger charge is 2.12. The van der Waals surface area contributed by atoms with Crippen LogP contribution in [0, 0.1) is 0 Å². The van der Waals surface area contributed by atoms with Crippen LogP contribution in [0.1, 0.15) is 18.5 Å². The number of quaternary nitrogens is 1. The second-order valence-electron chi connectivity index (χ2n) is 5.62. The highest BCUT2D eigenvalue weighted by Crippen LogP contribution is 2.15. The minimum atomic E-state index is -0.462. The van der Waals surface area contributed by atoms with Crippen LogP contribution in [0.15, 0.2) is 48.5 Å². The number of benzene rings is 2. The first-order valence-corrected chi connectivity index (χ1v) is 8.74. The summed E-state index contributed by atoms with van der Waals surface area (Å²) in [6, 6.07) is 14.2. The molecule has 4 N–H and O–H groups in total. The van der Waals surface area contributed by atoms with Crippen LogP contribution in [-0.2, 0) is 9.59 Å². The van der Waals surface area contributed by atoms with Crippen LogP contribution in [0.2, 0.25) is 10.0 Å². The summed E-state index contributed by atoms with van der Waals surface area (Å²) in [6.45, 7) is 1.91.